The van der Waals surface area contributed by atoms with Crippen LogP contribution in [0.3, 0.4) is 0 Å². The molecule has 0 atom stereocenters. The lowest BCUT2D eigenvalue weighted by molar-refractivity contribution is 0.476. The summed E-state index contributed by atoms with van der Waals surface area (Å²) in [6.45, 7) is 2.06. The molecule has 0 radical (unpaired) electrons. The van der Waals surface area contributed by atoms with Gasteiger partial charge in [-0.25, -0.2) is 0 Å². The second-order valence-electron chi connectivity index (χ2n) is 4.54. The predicted octanol–water partition coefficient (Wildman–Crippen LogP) is 3.25. The molecule has 1 aromatic heterocycles. The minimum atomic E-state index is 0.267. The van der Waals surface area contributed by atoms with Gasteiger partial charge in [0.25, 0.3) is 0 Å². The first-order chi connectivity index (χ1) is 8.65. The molecule has 3 heteroatoms. The van der Waals surface area contributed by atoms with Crippen LogP contribution in [0.15, 0.2) is 42.5 Å². The Balaban J connectivity index is 2.28. The Labute approximate surface area is 105 Å². The predicted molar refractivity (Wildman–Crippen MR) is 72.6 cm³/mol. The Hall–Kier alpha value is -2.29. The molecule has 0 unspecified atom stereocenters. The summed E-state index contributed by atoms with van der Waals surface area (Å²) in [4.78, 5) is 0. The molecule has 3 aromatic rings. The molecule has 1 N–H and O–H groups in total. The number of benzene rings is 2. The lowest BCUT2D eigenvalue weighted by Gasteiger charge is -1.99. The van der Waals surface area contributed by atoms with Crippen LogP contribution in [0.2, 0.25) is 0 Å². The Morgan fingerprint density at radius 3 is 2.50 bits per heavy atom. The Morgan fingerprint density at radius 2 is 1.78 bits per heavy atom. The van der Waals surface area contributed by atoms with Gasteiger partial charge in [0.1, 0.15) is 11.4 Å². The quantitative estimate of drug-likeness (QED) is 0.706. The molecule has 0 spiro atoms. The van der Waals surface area contributed by atoms with Crippen LogP contribution in [0.25, 0.3) is 22.2 Å². The maximum absolute atomic E-state index is 9.62. The van der Waals surface area contributed by atoms with Crippen molar-refractivity contribution in [1.82, 2.24) is 9.78 Å². The van der Waals surface area contributed by atoms with Crippen LogP contribution in [-0.4, -0.2) is 14.9 Å². The molecule has 1 heterocycles. The van der Waals surface area contributed by atoms with Gasteiger partial charge in [-0.05, 0) is 25.1 Å². The smallest absolute Gasteiger partial charge is 0.116 e. The van der Waals surface area contributed by atoms with E-state index in [1.54, 1.807) is 12.1 Å². The van der Waals surface area contributed by atoms with Crippen LogP contribution in [0.4, 0.5) is 0 Å². The van der Waals surface area contributed by atoms with Gasteiger partial charge in [-0.2, -0.15) is 5.10 Å². The molecule has 0 saturated heterocycles. The fraction of sp³-hybridized carbons (Fsp3) is 0.133. The molecule has 3 nitrogen and oxygen atoms in total. The van der Waals surface area contributed by atoms with Crippen molar-refractivity contribution in [1.29, 1.82) is 0 Å². The number of nitrogens with zero attached hydrogens (tertiary/aromatic N) is 2. The van der Waals surface area contributed by atoms with Crippen molar-refractivity contribution in [3.63, 3.8) is 0 Å². The van der Waals surface area contributed by atoms with E-state index in [1.807, 2.05) is 17.8 Å². The lowest BCUT2D eigenvalue weighted by Crippen LogP contribution is -1.89. The molecule has 3 rings (SSSR count). The number of aromatic nitrogens is 2. The summed E-state index contributed by atoms with van der Waals surface area (Å²) in [7, 11) is 1.91. The van der Waals surface area contributed by atoms with Crippen molar-refractivity contribution in [2.24, 2.45) is 7.05 Å². The Kier molecular flexibility index (Phi) is 2.33. The van der Waals surface area contributed by atoms with Gasteiger partial charge in [0.2, 0.25) is 0 Å². The van der Waals surface area contributed by atoms with E-state index in [9.17, 15) is 5.11 Å². The number of aryl methyl sites for hydroxylation is 2. The van der Waals surface area contributed by atoms with E-state index in [0.717, 1.165) is 22.2 Å². The highest BCUT2D eigenvalue weighted by atomic mass is 16.3. The zero-order chi connectivity index (χ0) is 12.7. The molecule has 0 aliphatic carbocycles. The average molecular weight is 238 g/mol. The SMILES string of the molecule is Cc1ccc(-c2nn(C)c3ccc(O)cc23)cc1. The number of hydrogen-bond acceptors (Lipinski definition) is 2. The van der Waals surface area contributed by atoms with Crippen LogP contribution in [0.5, 0.6) is 5.75 Å². The van der Waals surface area contributed by atoms with E-state index >= 15 is 0 Å². The molecule has 0 aliphatic heterocycles. The van der Waals surface area contributed by atoms with E-state index in [0.29, 0.717) is 0 Å². The van der Waals surface area contributed by atoms with Crippen molar-refractivity contribution in [3.8, 4) is 17.0 Å². The summed E-state index contributed by atoms with van der Waals surface area (Å²) in [6, 6.07) is 13.6. The highest BCUT2D eigenvalue weighted by Crippen LogP contribution is 2.30. The van der Waals surface area contributed by atoms with Crippen molar-refractivity contribution in [2.75, 3.05) is 0 Å². The topological polar surface area (TPSA) is 38.0 Å². The molecule has 18 heavy (non-hydrogen) atoms. The summed E-state index contributed by atoms with van der Waals surface area (Å²) in [5.74, 6) is 0.267. The van der Waals surface area contributed by atoms with Gasteiger partial charge in [0, 0.05) is 18.0 Å². The van der Waals surface area contributed by atoms with Gasteiger partial charge in [0.15, 0.2) is 0 Å². The second-order valence-corrected chi connectivity index (χ2v) is 4.54. The highest BCUT2D eigenvalue weighted by Gasteiger charge is 2.10. The average Bonchev–Trinajstić information content (AvgIpc) is 2.67. The van der Waals surface area contributed by atoms with Crippen LogP contribution >= 0.6 is 0 Å². The molecule has 0 fully saturated rings. The highest BCUT2D eigenvalue weighted by molar-refractivity contribution is 5.94. The first-order valence-electron chi connectivity index (χ1n) is 5.88. The zero-order valence-corrected chi connectivity index (χ0v) is 10.4. The largest absolute Gasteiger partial charge is 0.508 e. The van der Waals surface area contributed by atoms with E-state index < -0.39 is 0 Å². The molecular formula is C15H14N2O. The number of aromatic hydroxyl groups is 1. The van der Waals surface area contributed by atoms with Crippen LogP contribution in [-0.2, 0) is 7.05 Å². The monoisotopic (exact) mass is 238 g/mol. The minimum Gasteiger partial charge on any atom is -0.508 e. The molecule has 90 valence electrons. The number of hydrogen-bond donors (Lipinski definition) is 1. The lowest BCUT2D eigenvalue weighted by atomic mass is 10.1. The first-order valence-corrected chi connectivity index (χ1v) is 5.88. The van der Waals surface area contributed by atoms with Crippen LogP contribution in [0.1, 0.15) is 5.56 Å². The summed E-state index contributed by atoms with van der Waals surface area (Å²) in [5, 5.41) is 15.1. The summed E-state index contributed by atoms with van der Waals surface area (Å²) in [6.07, 6.45) is 0. The maximum atomic E-state index is 9.62. The van der Waals surface area contributed by atoms with Crippen molar-refractivity contribution in [3.05, 3.63) is 48.0 Å². The standard InChI is InChI=1S/C15H14N2O/c1-10-3-5-11(6-4-10)15-13-9-12(18)7-8-14(13)17(2)16-15/h3-9,18H,1-2H3. The fourth-order valence-electron chi connectivity index (χ4n) is 2.18. The van der Waals surface area contributed by atoms with Gasteiger partial charge < -0.3 is 5.11 Å². The molecule has 0 amide bonds. The maximum Gasteiger partial charge on any atom is 0.116 e. The zero-order valence-electron chi connectivity index (χ0n) is 10.4. The number of phenolic OH excluding ortho intramolecular Hbond substituents is 1. The fourth-order valence-corrected chi connectivity index (χ4v) is 2.18. The minimum absolute atomic E-state index is 0.267. The molecular weight excluding hydrogens is 224 g/mol. The summed E-state index contributed by atoms with van der Waals surface area (Å²) < 4.78 is 1.84. The van der Waals surface area contributed by atoms with Gasteiger partial charge in [-0.3, -0.25) is 4.68 Å². The van der Waals surface area contributed by atoms with Crippen LogP contribution in [0, 0.1) is 6.92 Å². The molecule has 0 bridgehead atoms. The summed E-state index contributed by atoms with van der Waals surface area (Å²) >= 11 is 0. The molecule has 0 aliphatic rings. The van der Waals surface area contributed by atoms with E-state index in [2.05, 4.69) is 36.3 Å². The van der Waals surface area contributed by atoms with E-state index in [1.165, 1.54) is 5.56 Å². The van der Waals surface area contributed by atoms with Gasteiger partial charge >= 0.3 is 0 Å². The van der Waals surface area contributed by atoms with Gasteiger partial charge in [-0.1, -0.05) is 29.8 Å². The Bertz CT molecular complexity index is 711. The van der Waals surface area contributed by atoms with Crippen molar-refractivity contribution in [2.45, 2.75) is 6.92 Å². The van der Waals surface area contributed by atoms with Gasteiger partial charge in [0.05, 0.1) is 5.52 Å². The summed E-state index contributed by atoms with van der Waals surface area (Å²) in [5.41, 5.74) is 4.21. The number of fused-ring (bicyclic) bond motifs is 1. The third kappa shape index (κ3) is 1.64. The molecule has 2 aromatic carbocycles. The van der Waals surface area contributed by atoms with E-state index in [4.69, 9.17) is 0 Å². The van der Waals surface area contributed by atoms with Crippen LogP contribution < -0.4 is 0 Å². The third-order valence-corrected chi connectivity index (χ3v) is 3.16. The van der Waals surface area contributed by atoms with Gasteiger partial charge in [-0.15, -0.1) is 0 Å². The number of phenols is 1. The third-order valence-electron chi connectivity index (χ3n) is 3.16. The van der Waals surface area contributed by atoms with Crippen molar-refractivity contribution < 1.29 is 5.11 Å². The normalized spacial score (nSPS) is 11.0. The van der Waals surface area contributed by atoms with Crippen molar-refractivity contribution >= 4 is 10.9 Å². The Morgan fingerprint density at radius 1 is 1.06 bits per heavy atom. The van der Waals surface area contributed by atoms with E-state index in [-0.39, 0.29) is 5.75 Å². The first kappa shape index (κ1) is 10.8. The number of rotatable bonds is 1. The molecule has 0 saturated carbocycles. The second kappa shape index (κ2) is 3.88.